The van der Waals surface area contributed by atoms with Crippen LogP contribution in [0.25, 0.3) is 0 Å². The summed E-state index contributed by atoms with van der Waals surface area (Å²) in [7, 11) is 1.64. The molecule has 0 aliphatic heterocycles. The van der Waals surface area contributed by atoms with Crippen LogP contribution in [0.3, 0.4) is 0 Å². The number of rotatable bonds is 9. The minimum atomic E-state index is -0.439. The van der Waals surface area contributed by atoms with Crippen molar-refractivity contribution in [1.82, 2.24) is 15.5 Å². The first kappa shape index (κ1) is 15.7. The molecule has 108 valence electrons. The summed E-state index contributed by atoms with van der Waals surface area (Å²) in [6.07, 6.45) is 5.08. The fraction of sp³-hybridized carbons (Fsp3) is 0.692. The second-order valence-electron chi connectivity index (χ2n) is 4.66. The van der Waals surface area contributed by atoms with Crippen LogP contribution in [0.15, 0.2) is 6.20 Å². The van der Waals surface area contributed by atoms with E-state index in [-0.39, 0.29) is 5.91 Å². The molecule has 19 heavy (non-hydrogen) atoms. The Hall–Kier alpha value is -1.40. The molecule has 0 fully saturated rings. The van der Waals surface area contributed by atoms with E-state index in [1.54, 1.807) is 7.11 Å². The van der Waals surface area contributed by atoms with Crippen LogP contribution in [-0.2, 0) is 16.0 Å². The number of carbonyl (C=O) groups excluding carboxylic acids is 1. The quantitative estimate of drug-likeness (QED) is 0.569. The normalized spacial score (nSPS) is 12.4. The van der Waals surface area contributed by atoms with Crippen LogP contribution < -0.4 is 11.1 Å². The van der Waals surface area contributed by atoms with Crippen molar-refractivity contribution in [2.75, 3.05) is 20.3 Å². The molecule has 0 aromatic carbocycles. The number of H-pyrrole nitrogens is 1. The molecule has 1 unspecified atom stereocenters. The van der Waals surface area contributed by atoms with E-state index in [0.29, 0.717) is 19.6 Å². The zero-order valence-electron chi connectivity index (χ0n) is 11.7. The number of aryl methyl sites for hydroxylation is 2. The number of nitrogens with two attached hydrogens (primary N) is 1. The molecule has 0 saturated heterocycles. The van der Waals surface area contributed by atoms with Gasteiger partial charge in [0.25, 0.3) is 0 Å². The highest BCUT2D eigenvalue weighted by Crippen LogP contribution is 2.05. The van der Waals surface area contributed by atoms with Crippen molar-refractivity contribution < 1.29 is 9.53 Å². The Morgan fingerprint density at radius 2 is 2.37 bits per heavy atom. The van der Waals surface area contributed by atoms with Crippen LogP contribution in [0.5, 0.6) is 0 Å². The van der Waals surface area contributed by atoms with Gasteiger partial charge in [-0.05, 0) is 38.2 Å². The smallest absolute Gasteiger partial charge is 0.236 e. The number of nitrogens with zero attached hydrogens (tertiary/aromatic N) is 1. The number of methoxy groups -OCH3 is 1. The maximum Gasteiger partial charge on any atom is 0.236 e. The molecule has 0 saturated carbocycles. The number of carbonyl (C=O) groups is 1. The van der Waals surface area contributed by atoms with Gasteiger partial charge in [0.15, 0.2) is 0 Å². The molecule has 1 heterocycles. The summed E-state index contributed by atoms with van der Waals surface area (Å²) < 4.78 is 4.93. The van der Waals surface area contributed by atoms with Gasteiger partial charge in [0.05, 0.1) is 12.2 Å². The molecule has 4 N–H and O–H groups in total. The van der Waals surface area contributed by atoms with Crippen LogP contribution in [0.4, 0.5) is 0 Å². The minimum Gasteiger partial charge on any atom is -0.385 e. The average Bonchev–Trinajstić information content (AvgIpc) is 2.80. The van der Waals surface area contributed by atoms with Crippen molar-refractivity contribution in [2.24, 2.45) is 5.73 Å². The molecular weight excluding hydrogens is 244 g/mol. The Balaban J connectivity index is 2.11. The average molecular weight is 268 g/mol. The van der Waals surface area contributed by atoms with Crippen LogP contribution in [0.2, 0.25) is 0 Å². The molecule has 1 aromatic rings. The molecule has 1 atom stereocenters. The number of hydrogen-bond acceptors (Lipinski definition) is 4. The highest BCUT2D eigenvalue weighted by atomic mass is 16.5. The van der Waals surface area contributed by atoms with E-state index >= 15 is 0 Å². The van der Waals surface area contributed by atoms with Crippen molar-refractivity contribution in [3.63, 3.8) is 0 Å². The van der Waals surface area contributed by atoms with Gasteiger partial charge in [-0.1, -0.05) is 0 Å². The lowest BCUT2D eigenvalue weighted by atomic mass is 10.1. The summed E-state index contributed by atoms with van der Waals surface area (Å²) in [5.74, 6) is -0.0833. The Labute approximate surface area is 114 Å². The summed E-state index contributed by atoms with van der Waals surface area (Å²) in [4.78, 5) is 11.7. The summed E-state index contributed by atoms with van der Waals surface area (Å²) in [5, 5.41) is 9.71. The lowest BCUT2D eigenvalue weighted by Gasteiger charge is -2.11. The molecule has 0 aliphatic rings. The van der Waals surface area contributed by atoms with Crippen LogP contribution in [-0.4, -0.2) is 42.4 Å². The van der Waals surface area contributed by atoms with E-state index in [2.05, 4.69) is 15.5 Å². The first-order chi connectivity index (χ1) is 9.15. The largest absolute Gasteiger partial charge is 0.385 e. The fourth-order valence-corrected chi connectivity index (χ4v) is 1.83. The standard InChI is InChI=1S/C13H24N4O2/c1-10-11(9-16-17-10)5-3-7-15-13(18)12(14)6-4-8-19-2/h9,12H,3-8,14H2,1-2H3,(H,15,18)(H,16,17). The zero-order valence-corrected chi connectivity index (χ0v) is 11.7. The first-order valence-electron chi connectivity index (χ1n) is 6.66. The summed E-state index contributed by atoms with van der Waals surface area (Å²) >= 11 is 0. The molecule has 0 radical (unpaired) electrons. The van der Waals surface area contributed by atoms with Gasteiger partial charge in [0.1, 0.15) is 0 Å². The third kappa shape index (κ3) is 5.85. The number of hydrogen-bond donors (Lipinski definition) is 3. The molecule has 1 amide bonds. The maximum absolute atomic E-state index is 11.7. The number of amides is 1. The summed E-state index contributed by atoms with van der Waals surface area (Å²) in [5.41, 5.74) is 8.06. The monoisotopic (exact) mass is 268 g/mol. The third-order valence-electron chi connectivity index (χ3n) is 3.06. The van der Waals surface area contributed by atoms with E-state index in [1.165, 1.54) is 5.56 Å². The van der Waals surface area contributed by atoms with Crippen LogP contribution >= 0.6 is 0 Å². The lowest BCUT2D eigenvalue weighted by Crippen LogP contribution is -2.41. The number of ether oxygens (including phenoxy) is 1. The van der Waals surface area contributed by atoms with Gasteiger partial charge < -0.3 is 15.8 Å². The van der Waals surface area contributed by atoms with E-state index in [9.17, 15) is 4.79 Å². The second-order valence-corrected chi connectivity index (χ2v) is 4.66. The Morgan fingerprint density at radius 1 is 1.58 bits per heavy atom. The molecule has 1 aromatic heterocycles. The summed E-state index contributed by atoms with van der Waals surface area (Å²) in [6.45, 7) is 3.27. The fourth-order valence-electron chi connectivity index (χ4n) is 1.83. The van der Waals surface area contributed by atoms with Crippen molar-refractivity contribution >= 4 is 5.91 Å². The van der Waals surface area contributed by atoms with Crippen LogP contribution in [0, 0.1) is 6.92 Å². The predicted molar refractivity (Wildman–Crippen MR) is 73.7 cm³/mol. The van der Waals surface area contributed by atoms with Gasteiger partial charge in [-0.3, -0.25) is 9.89 Å². The van der Waals surface area contributed by atoms with Crippen molar-refractivity contribution in [3.8, 4) is 0 Å². The third-order valence-corrected chi connectivity index (χ3v) is 3.06. The number of aromatic nitrogens is 2. The van der Waals surface area contributed by atoms with Gasteiger partial charge in [-0.15, -0.1) is 0 Å². The van der Waals surface area contributed by atoms with Gasteiger partial charge >= 0.3 is 0 Å². The number of nitrogens with one attached hydrogen (secondary N) is 2. The van der Waals surface area contributed by atoms with E-state index in [4.69, 9.17) is 10.5 Å². The Bertz CT molecular complexity index is 378. The zero-order chi connectivity index (χ0) is 14.1. The minimum absolute atomic E-state index is 0.0833. The highest BCUT2D eigenvalue weighted by molar-refractivity contribution is 5.81. The topological polar surface area (TPSA) is 93.0 Å². The Morgan fingerprint density at radius 3 is 3.00 bits per heavy atom. The summed E-state index contributed by atoms with van der Waals surface area (Å²) in [6, 6.07) is -0.439. The van der Waals surface area contributed by atoms with E-state index < -0.39 is 6.04 Å². The van der Waals surface area contributed by atoms with Crippen molar-refractivity contribution in [1.29, 1.82) is 0 Å². The van der Waals surface area contributed by atoms with Crippen molar-refractivity contribution in [2.45, 2.75) is 38.6 Å². The molecule has 0 aliphatic carbocycles. The van der Waals surface area contributed by atoms with Gasteiger partial charge in [-0.2, -0.15) is 5.10 Å². The predicted octanol–water partition coefficient (Wildman–Crippen LogP) is 0.521. The lowest BCUT2D eigenvalue weighted by molar-refractivity contribution is -0.122. The number of aromatic amines is 1. The van der Waals surface area contributed by atoms with E-state index in [1.807, 2.05) is 13.1 Å². The molecule has 6 heteroatoms. The highest BCUT2D eigenvalue weighted by Gasteiger charge is 2.12. The van der Waals surface area contributed by atoms with E-state index in [0.717, 1.165) is 25.0 Å². The van der Waals surface area contributed by atoms with Gasteiger partial charge in [0, 0.05) is 26.0 Å². The molecule has 0 bridgehead atoms. The van der Waals surface area contributed by atoms with Crippen LogP contribution in [0.1, 0.15) is 30.5 Å². The molecule has 6 nitrogen and oxygen atoms in total. The van der Waals surface area contributed by atoms with Gasteiger partial charge in [-0.25, -0.2) is 0 Å². The SMILES string of the molecule is COCCCC(N)C(=O)NCCCc1cn[nH]c1C. The molecular formula is C13H24N4O2. The van der Waals surface area contributed by atoms with Gasteiger partial charge in [0.2, 0.25) is 5.91 Å². The first-order valence-corrected chi connectivity index (χ1v) is 6.66. The maximum atomic E-state index is 11.7. The molecule has 0 spiro atoms. The molecule has 1 rings (SSSR count). The second kappa shape index (κ2) is 8.66. The Kier molecular flexibility index (Phi) is 7.14. The van der Waals surface area contributed by atoms with Crippen molar-refractivity contribution in [3.05, 3.63) is 17.5 Å².